The van der Waals surface area contributed by atoms with Crippen LogP contribution in [0.25, 0.3) is 5.69 Å². The monoisotopic (exact) mass is 498 g/mol. The molecule has 36 heavy (non-hydrogen) atoms. The van der Waals surface area contributed by atoms with E-state index in [1.165, 1.54) is 0 Å². The van der Waals surface area contributed by atoms with Crippen molar-refractivity contribution in [3.8, 4) is 11.4 Å². The molecular formula is C28H26N4O3S. The van der Waals surface area contributed by atoms with E-state index in [4.69, 9.17) is 17.0 Å². The van der Waals surface area contributed by atoms with Crippen molar-refractivity contribution in [2.24, 2.45) is 0 Å². The average Bonchev–Trinajstić information content (AvgIpc) is 3.39. The molecule has 182 valence electrons. The number of methoxy groups -OCH3 is 1. The fraction of sp³-hybridized carbons (Fsp3) is 0.179. The first-order valence-corrected chi connectivity index (χ1v) is 12.0. The molecule has 4 aromatic rings. The van der Waals surface area contributed by atoms with Crippen LogP contribution in [0.3, 0.4) is 0 Å². The van der Waals surface area contributed by atoms with E-state index in [0.717, 1.165) is 34.1 Å². The van der Waals surface area contributed by atoms with Gasteiger partial charge in [0, 0.05) is 29.3 Å². The molecule has 2 aromatic carbocycles. The number of nitrogens with one attached hydrogen (secondary N) is 1. The second-order valence-corrected chi connectivity index (χ2v) is 9.07. The summed E-state index contributed by atoms with van der Waals surface area (Å²) in [5.74, 6) is -0.232. The number of ether oxygens (including phenoxy) is 1. The summed E-state index contributed by atoms with van der Waals surface area (Å²) in [6.45, 7) is 4.00. The number of nitrogens with zero attached hydrogens (tertiary/aromatic N) is 3. The minimum absolute atomic E-state index is 0.214. The van der Waals surface area contributed by atoms with Crippen LogP contribution in [0.15, 0.2) is 79.0 Å². The number of hydrogen-bond donors (Lipinski definition) is 2. The summed E-state index contributed by atoms with van der Waals surface area (Å²) in [4.78, 5) is 18.7. The lowest BCUT2D eigenvalue weighted by Gasteiger charge is -2.28. The molecule has 0 bridgehead atoms. The molecule has 2 N–H and O–H groups in total. The van der Waals surface area contributed by atoms with Crippen LogP contribution < -0.4 is 15.0 Å². The Balaban J connectivity index is 1.71. The summed E-state index contributed by atoms with van der Waals surface area (Å²) in [6.07, 6.45) is 1.78. The molecule has 1 saturated heterocycles. The molecule has 2 atom stereocenters. The fourth-order valence-corrected chi connectivity index (χ4v) is 5.36. The van der Waals surface area contributed by atoms with Gasteiger partial charge in [-0.1, -0.05) is 24.3 Å². The Kier molecular flexibility index (Phi) is 6.20. The number of aryl methyl sites for hydroxylation is 1. The van der Waals surface area contributed by atoms with Crippen LogP contribution in [0.2, 0.25) is 0 Å². The van der Waals surface area contributed by atoms with Crippen LogP contribution >= 0.6 is 12.2 Å². The molecule has 0 radical (unpaired) electrons. The highest BCUT2D eigenvalue weighted by Crippen LogP contribution is 2.44. The van der Waals surface area contributed by atoms with Gasteiger partial charge in [-0.15, -0.1) is 0 Å². The Morgan fingerprint density at radius 3 is 2.56 bits per heavy atom. The number of aromatic carboxylic acids is 1. The van der Waals surface area contributed by atoms with Crippen molar-refractivity contribution >= 4 is 29.0 Å². The van der Waals surface area contributed by atoms with Crippen molar-refractivity contribution in [1.82, 2.24) is 14.9 Å². The lowest BCUT2D eigenvalue weighted by Crippen LogP contribution is -2.29. The molecule has 2 aromatic heterocycles. The van der Waals surface area contributed by atoms with Gasteiger partial charge in [0.25, 0.3) is 0 Å². The number of benzene rings is 2. The maximum atomic E-state index is 12.0. The summed E-state index contributed by atoms with van der Waals surface area (Å²) in [5.41, 5.74) is 5.53. The predicted molar refractivity (Wildman–Crippen MR) is 143 cm³/mol. The molecule has 1 fully saturated rings. The summed E-state index contributed by atoms with van der Waals surface area (Å²) >= 11 is 5.85. The molecule has 1 aliphatic heterocycles. The molecule has 0 saturated carbocycles. The van der Waals surface area contributed by atoms with Crippen LogP contribution in [0, 0.1) is 13.8 Å². The Bertz CT molecular complexity index is 1450. The lowest BCUT2D eigenvalue weighted by molar-refractivity contribution is 0.0697. The molecule has 1 aliphatic rings. The standard InChI is InChI=1S/C28H26N4O3S/c1-17-15-22(18(2)31(17)24-13-5-4-11-21(24)27(33)34)26-25(23-12-6-7-14-29-23)30-28(36)32(26)19-9-8-10-20(16-19)35-3/h4-16,25-26H,1-3H3,(H,30,36)(H,33,34). The molecular weight excluding hydrogens is 472 g/mol. The van der Waals surface area contributed by atoms with Crippen molar-refractivity contribution in [2.45, 2.75) is 25.9 Å². The Morgan fingerprint density at radius 2 is 1.83 bits per heavy atom. The number of aromatic nitrogens is 2. The third-order valence-corrected chi connectivity index (χ3v) is 6.91. The van der Waals surface area contributed by atoms with Crippen LogP contribution in [-0.4, -0.2) is 32.8 Å². The Hall–Kier alpha value is -4.17. The van der Waals surface area contributed by atoms with E-state index in [1.54, 1.807) is 25.4 Å². The second-order valence-electron chi connectivity index (χ2n) is 8.68. The quantitative estimate of drug-likeness (QED) is 0.346. The summed E-state index contributed by atoms with van der Waals surface area (Å²) in [6, 6.07) is 22.4. The first-order valence-electron chi connectivity index (χ1n) is 11.6. The van der Waals surface area contributed by atoms with Gasteiger partial charge in [0.2, 0.25) is 0 Å². The highest BCUT2D eigenvalue weighted by Gasteiger charge is 2.42. The summed E-state index contributed by atoms with van der Waals surface area (Å²) in [7, 11) is 1.64. The van der Waals surface area contributed by atoms with E-state index >= 15 is 0 Å². The van der Waals surface area contributed by atoms with E-state index in [-0.39, 0.29) is 17.6 Å². The molecule has 2 unspecified atom stereocenters. The van der Waals surface area contributed by atoms with E-state index < -0.39 is 5.97 Å². The van der Waals surface area contributed by atoms with Gasteiger partial charge in [-0.3, -0.25) is 4.98 Å². The number of para-hydroxylation sites is 1. The third-order valence-electron chi connectivity index (χ3n) is 6.59. The Morgan fingerprint density at radius 1 is 1.06 bits per heavy atom. The number of hydrogen-bond acceptors (Lipinski definition) is 4. The topological polar surface area (TPSA) is 79.6 Å². The van der Waals surface area contributed by atoms with E-state index in [1.807, 2.05) is 73.0 Å². The van der Waals surface area contributed by atoms with Gasteiger partial charge < -0.3 is 24.6 Å². The van der Waals surface area contributed by atoms with Crippen molar-refractivity contribution < 1.29 is 14.6 Å². The van der Waals surface area contributed by atoms with Crippen LogP contribution in [-0.2, 0) is 0 Å². The number of pyridine rings is 1. The zero-order valence-electron chi connectivity index (χ0n) is 20.2. The Labute approximate surface area is 215 Å². The normalized spacial score (nSPS) is 17.2. The third kappa shape index (κ3) is 3.99. The lowest BCUT2D eigenvalue weighted by atomic mass is 9.96. The summed E-state index contributed by atoms with van der Waals surface area (Å²) < 4.78 is 7.48. The van der Waals surface area contributed by atoms with Gasteiger partial charge in [-0.05, 0) is 74.1 Å². The van der Waals surface area contributed by atoms with E-state index in [2.05, 4.69) is 21.3 Å². The van der Waals surface area contributed by atoms with Gasteiger partial charge in [-0.25, -0.2) is 4.79 Å². The predicted octanol–water partition coefficient (Wildman–Crippen LogP) is 5.37. The van der Waals surface area contributed by atoms with Crippen LogP contribution in [0.5, 0.6) is 5.75 Å². The maximum Gasteiger partial charge on any atom is 0.337 e. The van der Waals surface area contributed by atoms with E-state index in [9.17, 15) is 9.90 Å². The molecule has 0 aliphatic carbocycles. The first-order chi connectivity index (χ1) is 17.4. The molecule has 0 amide bonds. The van der Waals surface area contributed by atoms with Crippen LogP contribution in [0.1, 0.15) is 45.1 Å². The number of thiocarbonyl (C=S) groups is 1. The number of anilines is 1. The SMILES string of the molecule is COc1cccc(N2C(=S)NC(c3ccccn3)C2c2cc(C)n(-c3ccccc3C(=O)O)c2C)c1. The van der Waals surface area contributed by atoms with E-state index in [0.29, 0.717) is 10.8 Å². The zero-order valence-corrected chi connectivity index (χ0v) is 21.0. The van der Waals surface area contributed by atoms with Gasteiger partial charge in [0.1, 0.15) is 5.75 Å². The molecule has 3 heterocycles. The number of carboxylic acids is 1. The highest BCUT2D eigenvalue weighted by molar-refractivity contribution is 7.80. The number of carbonyl (C=O) groups is 1. The van der Waals surface area contributed by atoms with Crippen molar-refractivity contribution in [3.05, 3.63) is 107 Å². The largest absolute Gasteiger partial charge is 0.497 e. The molecule has 7 nitrogen and oxygen atoms in total. The second kappa shape index (κ2) is 9.47. The van der Waals surface area contributed by atoms with Gasteiger partial charge in [0.05, 0.1) is 36.1 Å². The maximum absolute atomic E-state index is 12.0. The molecule has 8 heteroatoms. The molecule has 5 rings (SSSR count). The summed E-state index contributed by atoms with van der Waals surface area (Å²) in [5, 5.41) is 13.9. The highest BCUT2D eigenvalue weighted by atomic mass is 32.1. The smallest absolute Gasteiger partial charge is 0.337 e. The van der Waals surface area contributed by atoms with Crippen LogP contribution in [0.4, 0.5) is 5.69 Å². The fourth-order valence-electron chi connectivity index (χ4n) is 5.02. The molecule has 0 spiro atoms. The van der Waals surface area contributed by atoms with Gasteiger partial charge >= 0.3 is 5.97 Å². The number of rotatable bonds is 6. The van der Waals surface area contributed by atoms with Gasteiger partial charge in [-0.2, -0.15) is 0 Å². The van der Waals surface area contributed by atoms with Gasteiger partial charge in [0.15, 0.2) is 5.11 Å². The van der Waals surface area contributed by atoms with Crippen molar-refractivity contribution in [1.29, 1.82) is 0 Å². The van der Waals surface area contributed by atoms with Crippen molar-refractivity contribution in [2.75, 3.05) is 12.0 Å². The number of carboxylic acid groups (broad SMARTS) is 1. The first kappa shape index (κ1) is 23.6. The van der Waals surface area contributed by atoms with Crippen molar-refractivity contribution in [3.63, 3.8) is 0 Å². The zero-order chi connectivity index (χ0) is 25.4. The minimum Gasteiger partial charge on any atom is -0.497 e. The average molecular weight is 499 g/mol. The minimum atomic E-state index is -0.965.